The van der Waals surface area contributed by atoms with Crippen molar-refractivity contribution in [2.24, 2.45) is 5.73 Å². The highest BCUT2D eigenvalue weighted by Gasteiger charge is 2.20. The molecule has 0 bridgehead atoms. The second-order valence-electron chi connectivity index (χ2n) is 4.56. The minimum atomic E-state index is -3.40. The molecule has 19 heavy (non-hydrogen) atoms. The van der Waals surface area contributed by atoms with E-state index < -0.39 is 10.0 Å². The molecule has 0 atom stereocenters. The number of nitrogens with zero attached hydrogens (tertiary/aromatic N) is 1. The molecule has 0 aliphatic carbocycles. The molecule has 0 spiro atoms. The van der Waals surface area contributed by atoms with E-state index in [-0.39, 0.29) is 0 Å². The monoisotopic (exact) mass is 285 g/mol. The SMILES string of the molecule is CN(C)S(=O)(=O)c1ccccc1NCCCCCN. The van der Waals surface area contributed by atoms with Gasteiger partial charge >= 0.3 is 0 Å². The van der Waals surface area contributed by atoms with Crippen LogP contribution < -0.4 is 11.1 Å². The zero-order valence-electron chi connectivity index (χ0n) is 11.6. The molecule has 5 nitrogen and oxygen atoms in total. The lowest BCUT2D eigenvalue weighted by molar-refractivity contribution is 0.521. The first-order chi connectivity index (χ1) is 9.00. The maximum atomic E-state index is 12.2. The van der Waals surface area contributed by atoms with Gasteiger partial charge in [-0.2, -0.15) is 0 Å². The van der Waals surface area contributed by atoms with Gasteiger partial charge in [0.1, 0.15) is 4.90 Å². The molecule has 1 rings (SSSR count). The zero-order valence-corrected chi connectivity index (χ0v) is 12.4. The van der Waals surface area contributed by atoms with E-state index in [1.165, 1.54) is 18.4 Å². The van der Waals surface area contributed by atoms with Crippen LogP contribution in [0.3, 0.4) is 0 Å². The molecule has 1 aromatic carbocycles. The number of hydrogen-bond donors (Lipinski definition) is 2. The van der Waals surface area contributed by atoms with Crippen LogP contribution in [0.1, 0.15) is 19.3 Å². The molecule has 0 aliphatic heterocycles. The minimum Gasteiger partial charge on any atom is -0.384 e. The number of rotatable bonds is 8. The van der Waals surface area contributed by atoms with Crippen LogP contribution in [0.25, 0.3) is 0 Å². The van der Waals surface area contributed by atoms with Gasteiger partial charge in [-0.1, -0.05) is 18.6 Å². The van der Waals surface area contributed by atoms with Crippen molar-refractivity contribution in [3.05, 3.63) is 24.3 Å². The van der Waals surface area contributed by atoms with Gasteiger partial charge in [0.05, 0.1) is 5.69 Å². The third-order valence-electron chi connectivity index (χ3n) is 2.84. The maximum absolute atomic E-state index is 12.2. The first kappa shape index (κ1) is 15.9. The van der Waals surface area contributed by atoms with Gasteiger partial charge in [0.25, 0.3) is 0 Å². The van der Waals surface area contributed by atoms with Crippen LogP contribution in [0.4, 0.5) is 5.69 Å². The van der Waals surface area contributed by atoms with Crippen molar-refractivity contribution in [3.8, 4) is 0 Å². The van der Waals surface area contributed by atoms with Crippen molar-refractivity contribution in [1.29, 1.82) is 0 Å². The van der Waals surface area contributed by atoms with Crippen LogP contribution in [0.15, 0.2) is 29.2 Å². The molecule has 0 saturated carbocycles. The Morgan fingerprint density at radius 2 is 1.84 bits per heavy atom. The molecular weight excluding hydrogens is 262 g/mol. The van der Waals surface area contributed by atoms with Gasteiger partial charge in [-0.25, -0.2) is 12.7 Å². The van der Waals surface area contributed by atoms with Crippen LogP contribution in [0.2, 0.25) is 0 Å². The summed E-state index contributed by atoms with van der Waals surface area (Å²) >= 11 is 0. The molecule has 0 aromatic heterocycles. The van der Waals surface area contributed by atoms with Gasteiger partial charge < -0.3 is 11.1 Å². The third-order valence-corrected chi connectivity index (χ3v) is 4.72. The molecule has 6 heteroatoms. The van der Waals surface area contributed by atoms with Crippen LogP contribution in [-0.2, 0) is 10.0 Å². The smallest absolute Gasteiger partial charge is 0.244 e. The summed E-state index contributed by atoms with van der Waals surface area (Å²) in [4.78, 5) is 0.318. The van der Waals surface area contributed by atoms with Crippen molar-refractivity contribution in [2.75, 3.05) is 32.5 Å². The van der Waals surface area contributed by atoms with Crippen LogP contribution >= 0.6 is 0 Å². The van der Waals surface area contributed by atoms with E-state index in [2.05, 4.69) is 5.32 Å². The molecular formula is C13H23N3O2S. The predicted octanol–water partition coefficient (Wildman–Crippen LogP) is 1.48. The number of unbranched alkanes of at least 4 members (excludes halogenated alkanes) is 2. The van der Waals surface area contributed by atoms with Gasteiger partial charge in [0.2, 0.25) is 10.0 Å². The summed E-state index contributed by atoms with van der Waals surface area (Å²) in [7, 11) is -0.334. The van der Waals surface area contributed by atoms with Crippen molar-refractivity contribution in [2.45, 2.75) is 24.2 Å². The van der Waals surface area contributed by atoms with E-state index in [4.69, 9.17) is 5.73 Å². The van der Waals surface area contributed by atoms with Gasteiger partial charge in [0, 0.05) is 20.6 Å². The molecule has 0 aliphatic rings. The van der Waals surface area contributed by atoms with Gasteiger partial charge in [-0.05, 0) is 31.5 Å². The van der Waals surface area contributed by atoms with E-state index in [9.17, 15) is 8.42 Å². The van der Waals surface area contributed by atoms with Gasteiger partial charge in [0.15, 0.2) is 0 Å². The van der Waals surface area contributed by atoms with Crippen molar-refractivity contribution in [3.63, 3.8) is 0 Å². The van der Waals surface area contributed by atoms with Gasteiger partial charge in [-0.15, -0.1) is 0 Å². The number of nitrogens with two attached hydrogens (primary N) is 1. The van der Waals surface area contributed by atoms with Crippen LogP contribution in [-0.4, -0.2) is 39.9 Å². The Kier molecular flexibility index (Phi) is 6.27. The molecule has 0 amide bonds. The van der Waals surface area contributed by atoms with E-state index >= 15 is 0 Å². The fourth-order valence-corrected chi connectivity index (χ4v) is 2.77. The highest BCUT2D eigenvalue weighted by molar-refractivity contribution is 7.89. The average molecular weight is 285 g/mol. The van der Waals surface area contributed by atoms with Crippen molar-refractivity contribution >= 4 is 15.7 Å². The number of sulfonamides is 1. The van der Waals surface area contributed by atoms with E-state index in [1.54, 1.807) is 18.2 Å². The molecule has 0 fully saturated rings. The highest BCUT2D eigenvalue weighted by Crippen LogP contribution is 2.23. The van der Waals surface area contributed by atoms with Gasteiger partial charge in [-0.3, -0.25) is 0 Å². The summed E-state index contributed by atoms with van der Waals surface area (Å²) in [6, 6.07) is 6.98. The fourth-order valence-electron chi connectivity index (χ4n) is 1.70. The predicted molar refractivity (Wildman–Crippen MR) is 78.7 cm³/mol. The Labute approximate surface area is 115 Å². The summed E-state index contributed by atoms with van der Waals surface area (Å²) in [6.45, 7) is 1.45. The number of nitrogens with one attached hydrogen (secondary N) is 1. The summed E-state index contributed by atoms with van der Waals surface area (Å²) in [5.41, 5.74) is 6.09. The highest BCUT2D eigenvalue weighted by atomic mass is 32.2. The van der Waals surface area contributed by atoms with Crippen molar-refractivity contribution < 1.29 is 8.42 Å². The first-order valence-electron chi connectivity index (χ1n) is 6.45. The lowest BCUT2D eigenvalue weighted by Gasteiger charge is -2.16. The molecule has 0 heterocycles. The number of anilines is 1. The fraction of sp³-hybridized carbons (Fsp3) is 0.538. The third kappa shape index (κ3) is 4.49. The second-order valence-corrected chi connectivity index (χ2v) is 6.68. The molecule has 0 unspecified atom stereocenters. The normalized spacial score (nSPS) is 11.8. The Balaban J connectivity index is 2.74. The summed E-state index contributed by atoms with van der Waals surface area (Å²) in [5.74, 6) is 0. The Morgan fingerprint density at radius 3 is 2.47 bits per heavy atom. The summed E-state index contributed by atoms with van der Waals surface area (Å²) < 4.78 is 25.5. The molecule has 0 radical (unpaired) electrons. The lowest BCUT2D eigenvalue weighted by Crippen LogP contribution is -2.23. The van der Waals surface area contributed by atoms with E-state index in [0.717, 1.165) is 25.8 Å². The lowest BCUT2D eigenvalue weighted by atomic mass is 10.2. The average Bonchev–Trinajstić information content (AvgIpc) is 2.38. The van der Waals surface area contributed by atoms with Crippen LogP contribution in [0.5, 0.6) is 0 Å². The van der Waals surface area contributed by atoms with E-state index in [0.29, 0.717) is 17.1 Å². The Hall–Kier alpha value is -1.11. The maximum Gasteiger partial charge on any atom is 0.244 e. The number of hydrogen-bond acceptors (Lipinski definition) is 4. The quantitative estimate of drug-likeness (QED) is 0.709. The number of benzene rings is 1. The minimum absolute atomic E-state index is 0.318. The molecule has 0 saturated heterocycles. The Morgan fingerprint density at radius 1 is 1.16 bits per heavy atom. The largest absolute Gasteiger partial charge is 0.384 e. The summed E-state index contributed by atoms with van der Waals surface area (Å²) in [5, 5.41) is 3.19. The van der Waals surface area contributed by atoms with Crippen LogP contribution in [0, 0.1) is 0 Å². The van der Waals surface area contributed by atoms with E-state index in [1.807, 2.05) is 6.07 Å². The number of para-hydroxylation sites is 1. The Bertz CT molecular complexity index is 486. The molecule has 3 N–H and O–H groups in total. The first-order valence-corrected chi connectivity index (χ1v) is 7.89. The molecule has 1 aromatic rings. The topological polar surface area (TPSA) is 75.4 Å². The zero-order chi connectivity index (χ0) is 14.3. The summed E-state index contributed by atoms with van der Waals surface area (Å²) in [6.07, 6.45) is 3.03. The molecule has 108 valence electrons. The standard InChI is InChI=1S/C13H23N3O2S/c1-16(2)19(17,18)13-9-5-4-8-12(13)15-11-7-3-6-10-14/h4-5,8-9,15H,3,6-7,10-11,14H2,1-2H3. The second kappa shape index (κ2) is 7.47. The van der Waals surface area contributed by atoms with Crippen molar-refractivity contribution in [1.82, 2.24) is 4.31 Å².